The Labute approximate surface area is 130 Å². The third kappa shape index (κ3) is 3.58. The maximum absolute atomic E-state index is 14.0. The quantitative estimate of drug-likeness (QED) is 0.651. The van der Waals surface area contributed by atoms with Gasteiger partial charge in [0.2, 0.25) is 0 Å². The van der Waals surface area contributed by atoms with Crippen LogP contribution in [-0.4, -0.2) is 12.9 Å². The minimum Gasteiger partial charge on any atom is -0.384 e. The van der Waals surface area contributed by atoms with Crippen molar-refractivity contribution in [1.82, 2.24) is 0 Å². The average molecular weight is 354 g/mol. The van der Waals surface area contributed by atoms with Gasteiger partial charge in [0, 0.05) is 23.6 Å². The first kappa shape index (κ1) is 15.4. The smallest absolute Gasteiger partial charge is 0.150 e. The SMILES string of the molecule is CN(Cc1ccc(Br)cc1)c1c(F)cc(C(=N)N)cc1F. The number of anilines is 1. The maximum Gasteiger partial charge on any atom is 0.150 e. The lowest BCUT2D eigenvalue weighted by atomic mass is 10.1. The zero-order valence-corrected chi connectivity index (χ0v) is 12.9. The molecule has 0 atom stereocenters. The zero-order chi connectivity index (χ0) is 15.6. The van der Waals surface area contributed by atoms with Gasteiger partial charge in [-0.05, 0) is 29.8 Å². The lowest BCUT2D eigenvalue weighted by Gasteiger charge is -2.21. The minimum absolute atomic E-state index is 0.0331. The lowest BCUT2D eigenvalue weighted by molar-refractivity contribution is 0.576. The Hall–Kier alpha value is -1.95. The third-order valence-electron chi connectivity index (χ3n) is 3.04. The largest absolute Gasteiger partial charge is 0.384 e. The van der Waals surface area contributed by atoms with Crippen molar-refractivity contribution < 1.29 is 8.78 Å². The van der Waals surface area contributed by atoms with Gasteiger partial charge in [0.05, 0.1) is 0 Å². The Bertz CT molecular complexity index is 648. The summed E-state index contributed by atoms with van der Waals surface area (Å²) in [5.74, 6) is -1.84. The van der Waals surface area contributed by atoms with Gasteiger partial charge in [-0.25, -0.2) is 8.78 Å². The molecule has 0 saturated carbocycles. The average Bonchev–Trinajstić information content (AvgIpc) is 2.40. The van der Waals surface area contributed by atoms with Crippen LogP contribution in [0.2, 0.25) is 0 Å². The number of amidine groups is 1. The summed E-state index contributed by atoms with van der Waals surface area (Å²) in [5.41, 5.74) is 6.07. The third-order valence-corrected chi connectivity index (χ3v) is 3.57. The number of nitrogen functional groups attached to an aromatic ring is 1. The fraction of sp³-hybridized carbons (Fsp3) is 0.133. The molecule has 6 heteroatoms. The molecule has 0 bridgehead atoms. The molecule has 0 fully saturated rings. The first-order valence-corrected chi connectivity index (χ1v) is 6.97. The monoisotopic (exact) mass is 353 g/mol. The van der Waals surface area contributed by atoms with Gasteiger partial charge in [0.25, 0.3) is 0 Å². The van der Waals surface area contributed by atoms with E-state index in [1.165, 1.54) is 4.90 Å². The molecule has 0 saturated heterocycles. The molecule has 2 rings (SSSR count). The van der Waals surface area contributed by atoms with Crippen LogP contribution in [0.5, 0.6) is 0 Å². The molecule has 0 aromatic heterocycles. The highest BCUT2D eigenvalue weighted by molar-refractivity contribution is 9.10. The van der Waals surface area contributed by atoms with E-state index in [1.807, 2.05) is 24.3 Å². The van der Waals surface area contributed by atoms with Crippen LogP contribution in [0.3, 0.4) is 0 Å². The molecule has 2 aromatic carbocycles. The van der Waals surface area contributed by atoms with Gasteiger partial charge < -0.3 is 10.6 Å². The fourth-order valence-electron chi connectivity index (χ4n) is 2.03. The maximum atomic E-state index is 14.0. The van der Waals surface area contributed by atoms with Gasteiger partial charge in [-0.15, -0.1) is 0 Å². The van der Waals surface area contributed by atoms with E-state index in [0.717, 1.165) is 22.2 Å². The summed E-state index contributed by atoms with van der Waals surface area (Å²) in [6, 6.07) is 9.63. The highest BCUT2D eigenvalue weighted by Gasteiger charge is 2.16. The van der Waals surface area contributed by atoms with Crippen molar-refractivity contribution in [3.63, 3.8) is 0 Å². The number of rotatable bonds is 4. The van der Waals surface area contributed by atoms with E-state index >= 15 is 0 Å². The molecular weight excluding hydrogens is 340 g/mol. The second-order valence-electron chi connectivity index (χ2n) is 4.68. The van der Waals surface area contributed by atoms with E-state index in [-0.39, 0.29) is 17.1 Å². The van der Waals surface area contributed by atoms with Crippen LogP contribution >= 0.6 is 15.9 Å². The normalized spacial score (nSPS) is 10.5. The van der Waals surface area contributed by atoms with Gasteiger partial charge in [-0.1, -0.05) is 28.1 Å². The van der Waals surface area contributed by atoms with Gasteiger partial charge in [-0.3, -0.25) is 5.41 Å². The molecule has 0 amide bonds. The number of nitrogens with one attached hydrogen (secondary N) is 1. The Balaban J connectivity index is 2.28. The van der Waals surface area contributed by atoms with E-state index in [4.69, 9.17) is 11.1 Å². The van der Waals surface area contributed by atoms with E-state index in [1.54, 1.807) is 7.05 Å². The number of hydrogen-bond donors (Lipinski definition) is 2. The van der Waals surface area contributed by atoms with E-state index in [0.29, 0.717) is 6.54 Å². The summed E-state index contributed by atoms with van der Waals surface area (Å²) < 4.78 is 29.0. The first-order valence-electron chi connectivity index (χ1n) is 6.17. The van der Waals surface area contributed by atoms with Crippen LogP contribution in [-0.2, 0) is 6.54 Å². The lowest BCUT2D eigenvalue weighted by Crippen LogP contribution is -2.20. The second-order valence-corrected chi connectivity index (χ2v) is 5.60. The molecule has 0 unspecified atom stereocenters. The molecule has 0 aliphatic rings. The predicted molar refractivity (Wildman–Crippen MR) is 83.6 cm³/mol. The number of nitrogens with two attached hydrogens (primary N) is 1. The summed E-state index contributed by atoms with van der Waals surface area (Å²) in [5, 5.41) is 7.23. The summed E-state index contributed by atoms with van der Waals surface area (Å²) in [6.45, 7) is 0.362. The zero-order valence-electron chi connectivity index (χ0n) is 11.3. The standard InChI is InChI=1S/C15H14BrF2N3/c1-21(8-9-2-4-11(16)5-3-9)14-12(17)6-10(15(19)20)7-13(14)18/h2-7H,8H2,1H3,(H3,19,20). The van der Waals surface area contributed by atoms with Gasteiger partial charge in [-0.2, -0.15) is 0 Å². The van der Waals surface area contributed by atoms with Crippen LogP contribution in [0.4, 0.5) is 14.5 Å². The number of nitrogens with zero attached hydrogens (tertiary/aromatic N) is 1. The molecule has 0 aliphatic carbocycles. The summed E-state index contributed by atoms with van der Waals surface area (Å²) in [7, 11) is 1.61. The molecule has 2 aromatic rings. The molecule has 21 heavy (non-hydrogen) atoms. The van der Waals surface area contributed by atoms with Crippen LogP contribution in [0.1, 0.15) is 11.1 Å². The van der Waals surface area contributed by atoms with Gasteiger partial charge in [0.15, 0.2) is 0 Å². The number of hydrogen-bond acceptors (Lipinski definition) is 2. The van der Waals surface area contributed by atoms with Crippen LogP contribution in [0, 0.1) is 17.0 Å². The molecule has 0 radical (unpaired) electrons. The van der Waals surface area contributed by atoms with Crippen molar-refractivity contribution in [3.05, 3.63) is 63.6 Å². The summed E-state index contributed by atoms with van der Waals surface area (Å²) in [4.78, 5) is 1.48. The molecular formula is C15H14BrF2N3. The van der Waals surface area contributed by atoms with Crippen molar-refractivity contribution >= 4 is 27.5 Å². The van der Waals surface area contributed by atoms with Crippen molar-refractivity contribution in [1.29, 1.82) is 5.41 Å². The number of halogens is 3. The fourth-order valence-corrected chi connectivity index (χ4v) is 2.29. The first-order chi connectivity index (χ1) is 9.88. The highest BCUT2D eigenvalue weighted by Crippen LogP contribution is 2.25. The Morgan fingerprint density at radius 1 is 1.19 bits per heavy atom. The van der Waals surface area contributed by atoms with Crippen molar-refractivity contribution in [2.45, 2.75) is 6.54 Å². The predicted octanol–water partition coefficient (Wildman–Crippen LogP) is 3.65. The van der Waals surface area contributed by atoms with Crippen LogP contribution in [0.25, 0.3) is 0 Å². The van der Waals surface area contributed by atoms with Gasteiger partial charge in [0.1, 0.15) is 23.2 Å². The Morgan fingerprint density at radius 2 is 1.71 bits per heavy atom. The topological polar surface area (TPSA) is 53.1 Å². The van der Waals surface area contributed by atoms with Crippen molar-refractivity contribution in [2.24, 2.45) is 5.73 Å². The van der Waals surface area contributed by atoms with Crippen LogP contribution < -0.4 is 10.6 Å². The summed E-state index contributed by atoms with van der Waals surface area (Å²) >= 11 is 3.34. The molecule has 0 aliphatic heterocycles. The molecule has 3 nitrogen and oxygen atoms in total. The molecule has 3 N–H and O–H groups in total. The molecule has 0 heterocycles. The Morgan fingerprint density at radius 3 is 2.19 bits per heavy atom. The minimum atomic E-state index is -0.736. The van der Waals surface area contributed by atoms with Crippen molar-refractivity contribution in [3.8, 4) is 0 Å². The second kappa shape index (κ2) is 6.22. The number of benzene rings is 2. The van der Waals surface area contributed by atoms with Crippen molar-refractivity contribution in [2.75, 3.05) is 11.9 Å². The van der Waals surface area contributed by atoms with E-state index in [9.17, 15) is 8.78 Å². The Kier molecular flexibility index (Phi) is 4.57. The molecule has 110 valence electrons. The van der Waals surface area contributed by atoms with E-state index in [2.05, 4.69) is 15.9 Å². The van der Waals surface area contributed by atoms with Gasteiger partial charge >= 0.3 is 0 Å². The summed E-state index contributed by atoms with van der Waals surface area (Å²) in [6.07, 6.45) is 0. The molecule has 0 spiro atoms. The highest BCUT2D eigenvalue weighted by atomic mass is 79.9. The van der Waals surface area contributed by atoms with E-state index < -0.39 is 11.6 Å². The van der Waals surface area contributed by atoms with Crippen LogP contribution in [0.15, 0.2) is 40.9 Å².